The molecule has 0 aliphatic carbocycles. The van der Waals surface area contributed by atoms with Crippen LogP contribution in [0, 0.1) is 6.57 Å². The third-order valence-corrected chi connectivity index (χ3v) is 2.85. The topological polar surface area (TPSA) is 16.8 Å². The Hall–Kier alpha value is -1.95. The van der Waals surface area contributed by atoms with Crippen molar-refractivity contribution in [3.63, 3.8) is 0 Å². The zero-order valence-electron chi connectivity index (χ0n) is 12.1. The molecule has 1 rings (SSSR count). The molecule has 0 aliphatic rings. The van der Waals surface area contributed by atoms with E-state index in [1.54, 1.807) is 6.92 Å². The highest BCUT2D eigenvalue weighted by Gasteiger charge is 2.35. The number of anilines is 1. The molecule has 0 heterocycles. The Morgan fingerprint density at radius 2 is 1.83 bits per heavy atom. The number of hydrogen-bond acceptors (Lipinski definition) is 2. The minimum atomic E-state index is -4.82. The fourth-order valence-electron chi connectivity index (χ4n) is 1.88. The second-order valence-electron chi connectivity index (χ2n) is 4.54. The number of nitrogens with zero attached hydrogens (tertiary/aromatic N) is 2. The molecule has 0 fully saturated rings. The Labute approximate surface area is 129 Å². The van der Waals surface area contributed by atoms with E-state index in [9.17, 15) is 26.3 Å². The van der Waals surface area contributed by atoms with Gasteiger partial charge in [-0.25, -0.2) is 4.85 Å². The van der Waals surface area contributed by atoms with Crippen molar-refractivity contribution >= 4 is 11.4 Å². The van der Waals surface area contributed by atoms with Crippen LogP contribution in [0.3, 0.4) is 0 Å². The van der Waals surface area contributed by atoms with Crippen molar-refractivity contribution in [2.75, 3.05) is 31.2 Å². The van der Waals surface area contributed by atoms with E-state index in [0.717, 1.165) is 17.0 Å². The Bertz CT molecular complexity index is 562. The van der Waals surface area contributed by atoms with Crippen LogP contribution >= 0.6 is 0 Å². The molecule has 0 saturated carbocycles. The molecule has 0 unspecified atom stereocenters. The van der Waals surface area contributed by atoms with Gasteiger partial charge < -0.3 is 9.64 Å². The van der Waals surface area contributed by atoms with Gasteiger partial charge >= 0.3 is 12.4 Å². The molecule has 0 saturated heterocycles. The van der Waals surface area contributed by atoms with Crippen LogP contribution in [0.4, 0.5) is 37.7 Å². The Morgan fingerprint density at radius 1 is 1.17 bits per heavy atom. The van der Waals surface area contributed by atoms with Gasteiger partial charge in [-0.2, -0.15) is 26.3 Å². The SMILES string of the molecule is [C-]#[N+]c1ccc(N(CCOCC)CC(F)(F)F)cc1C(F)(F)F. The van der Waals surface area contributed by atoms with E-state index in [1.165, 1.54) is 0 Å². The zero-order valence-corrected chi connectivity index (χ0v) is 12.1. The van der Waals surface area contributed by atoms with Crippen molar-refractivity contribution in [3.8, 4) is 0 Å². The Morgan fingerprint density at radius 3 is 2.30 bits per heavy atom. The molecule has 3 nitrogen and oxygen atoms in total. The van der Waals surface area contributed by atoms with E-state index >= 15 is 0 Å². The second-order valence-corrected chi connectivity index (χ2v) is 4.54. The molecule has 9 heteroatoms. The molecule has 0 bridgehead atoms. The van der Waals surface area contributed by atoms with Gasteiger partial charge in [0.05, 0.1) is 18.7 Å². The van der Waals surface area contributed by atoms with E-state index in [0.29, 0.717) is 6.07 Å². The fraction of sp³-hybridized carbons (Fsp3) is 0.500. The number of ether oxygens (including phenoxy) is 1. The fourth-order valence-corrected chi connectivity index (χ4v) is 1.88. The highest BCUT2D eigenvalue weighted by Crippen LogP contribution is 2.39. The van der Waals surface area contributed by atoms with Gasteiger partial charge in [0.2, 0.25) is 0 Å². The first-order valence-electron chi connectivity index (χ1n) is 6.56. The quantitative estimate of drug-likeness (QED) is 0.425. The Kier molecular flexibility index (Phi) is 6.27. The summed E-state index contributed by atoms with van der Waals surface area (Å²) in [5.41, 5.74) is -2.17. The third-order valence-electron chi connectivity index (χ3n) is 2.85. The summed E-state index contributed by atoms with van der Waals surface area (Å²) >= 11 is 0. The lowest BCUT2D eigenvalue weighted by molar-refractivity contribution is -0.136. The minimum Gasteiger partial charge on any atom is -0.380 e. The van der Waals surface area contributed by atoms with Crippen LogP contribution in [0.2, 0.25) is 0 Å². The maximum absolute atomic E-state index is 12.9. The van der Waals surface area contributed by atoms with Crippen molar-refractivity contribution in [1.82, 2.24) is 0 Å². The lowest BCUT2D eigenvalue weighted by Crippen LogP contribution is -2.36. The summed E-state index contributed by atoms with van der Waals surface area (Å²) in [5, 5.41) is 0. The normalized spacial score (nSPS) is 12.1. The van der Waals surface area contributed by atoms with Crippen molar-refractivity contribution < 1.29 is 31.1 Å². The third kappa shape index (κ3) is 5.98. The maximum Gasteiger partial charge on any atom is 0.407 e. The molecule has 23 heavy (non-hydrogen) atoms. The van der Waals surface area contributed by atoms with Gasteiger partial charge in [0.25, 0.3) is 0 Å². The van der Waals surface area contributed by atoms with E-state index in [1.807, 2.05) is 0 Å². The molecule has 0 atom stereocenters. The summed E-state index contributed by atoms with van der Waals surface area (Å²) in [5.74, 6) is 0. The van der Waals surface area contributed by atoms with E-state index in [-0.39, 0.29) is 25.4 Å². The average Bonchev–Trinajstić information content (AvgIpc) is 2.43. The summed E-state index contributed by atoms with van der Waals surface area (Å²) in [6.45, 7) is 6.98. The minimum absolute atomic E-state index is 0.0570. The van der Waals surface area contributed by atoms with Crippen LogP contribution in [-0.2, 0) is 10.9 Å². The predicted molar refractivity (Wildman–Crippen MR) is 72.5 cm³/mol. The van der Waals surface area contributed by atoms with Gasteiger partial charge in [-0.3, -0.25) is 0 Å². The summed E-state index contributed by atoms with van der Waals surface area (Å²) in [6, 6.07) is 2.50. The average molecular weight is 340 g/mol. The first-order chi connectivity index (χ1) is 10.6. The molecular weight excluding hydrogens is 326 g/mol. The number of alkyl halides is 6. The number of rotatable bonds is 6. The smallest absolute Gasteiger partial charge is 0.380 e. The summed E-state index contributed by atoms with van der Waals surface area (Å²) < 4.78 is 81.6. The van der Waals surface area contributed by atoms with E-state index in [4.69, 9.17) is 11.3 Å². The van der Waals surface area contributed by atoms with Crippen LogP contribution in [0.15, 0.2) is 18.2 Å². The van der Waals surface area contributed by atoms with Crippen LogP contribution in [0.25, 0.3) is 4.85 Å². The van der Waals surface area contributed by atoms with E-state index in [2.05, 4.69) is 4.85 Å². The molecular formula is C14H14F6N2O. The highest BCUT2D eigenvalue weighted by atomic mass is 19.4. The van der Waals surface area contributed by atoms with Gasteiger partial charge in [-0.15, -0.1) is 0 Å². The standard InChI is InChI=1S/C14H14F6N2O/c1-3-23-7-6-22(9-13(15,16)17)10-4-5-12(21-2)11(8-10)14(18,19)20/h4-5,8H,3,6-7,9H2,1H3. The first-order valence-corrected chi connectivity index (χ1v) is 6.56. The summed E-state index contributed by atoms with van der Waals surface area (Å²) in [4.78, 5) is 3.50. The van der Waals surface area contributed by atoms with Crippen LogP contribution in [-0.4, -0.2) is 32.5 Å². The summed E-state index contributed by atoms with van der Waals surface area (Å²) in [6.07, 6.45) is -9.40. The van der Waals surface area contributed by atoms with Gasteiger partial charge in [-0.1, -0.05) is 6.07 Å². The molecule has 0 amide bonds. The van der Waals surface area contributed by atoms with Crippen LogP contribution in [0.1, 0.15) is 12.5 Å². The maximum atomic E-state index is 12.9. The zero-order chi connectivity index (χ0) is 17.7. The molecule has 0 spiro atoms. The molecule has 0 N–H and O–H groups in total. The van der Waals surface area contributed by atoms with E-state index < -0.39 is 30.1 Å². The van der Waals surface area contributed by atoms with Gasteiger partial charge in [0.1, 0.15) is 6.54 Å². The largest absolute Gasteiger partial charge is 0.407 e. The van der Waals surface area contributed by atoms with Crippen LogP contribution in [0.5, 0.6) is 0 Å². The van der Waals surface area contributed by atoms with Gasteiger partial charge in [-0.05, 0) is 19.1 Å². The second kappa shape index (κ2) is 7.55. The molecule has 0 aliphatic heterocycles. The number of benzene rings is 1. The molecule has 0 radical (unpaired) electrons. The molecule has 128 valence electrons. The van der Waals surface area contributed by atoms with Crippen molar-refractivity contribution in [2.24, 2.45) is 0 Å². The molecule has 1 aromatic carbocycles. The van der Waals surface area contributed by atoms with Crippen LogP contribution < -0.4 is 4.90 Å². The lowest BCUT2D eigenvalue weighted by Gasteiger charge is -2.27. The highest BCUT2D eigenvalue weighted by molar-refractivity contribution is 5.62. The van der Waals surface area contributed by atoms with Gasteiger partial charge in [0.15, 0.2) is 5.69 Å². The van der Waals surface area contributed by atoms with Crippen molar-refractivity contribution in [1.29, 1.82) is 0 Å². The number of halogens is 6. The van der Waals surface area contributed by atoms with Crippen molar-refractivity contribution in [2.45, 2.75) is 19.3 Å². The van der Waals surface area contributed by atoms with Gasteiger partial charge in [0, 0.05) is 18.8 Å². The lowest BCUT2D eigenvalue weighted by atomic mass is 10.1. The molecule has 1 aromatic rings. The number of hydrogen-bond donors (Lipinski definition) is 0. The Balaban J connectivity index is 3.17. The van der Waals surface area contributed by atoms with Crippen molar-refractivity contribution in [3.05, 3.63) is 35.2 Å². The molecule has 0 aromatic heterocycles. The first kappa shape index (κ1) is 19.1. The monoisotopic (exact) mass is 340 g/mol. The summed E-state index contributed by atoms with van der Waals surface area (Å²) in [7, 11) is 0. The predicted octanol–water partition coefficient (Wildman–Crippen LogP) is 4.66.